The lowest BCUT2D eigenvalue weighted by Gasteiger charge is -2.38. The molecule has 1 aliphatic rings. The van der Waals surface area contributed by atoms with Crippen LogP contribution in [-0.4, -0.2) is 5.91 Å². The maximum Gasteiger partial charge on any atom is 0.262 e. The number of hydrogen-bond donors (Lipinski definition) is 1. The maximum absolute atomic E-state index is 13.6. The van der Waals surface area contributed by atoms with Gasteiger partial charge in [-0.05, 0) is 41.3 Å². The van der Waals surface area contributed by atoms with Crippen molar-refractivity contribution >= 4 is 51.3 Å². The number of hydrogen-bond acceptors (Lipinski definition) is 2. The Balaban J connectivity index is 1.74. The molecule has 5 heteroatoms. The predicted molar refractivity (Wildman–Crippen MR) is 120 cm³/mol. The van der Waals surface area contributed by atoms with E-state index in [0.717, 1.165) is 27.7 Å². The lowest BCUT2D eigenvalue weighted by molar-refractivity contribution is 0.0975. The minimum absolute atomic E-state index is 0.0632. The molecule has 4 aromatic rings. The molecule has 29 heavy (non-hydrogen) atoms. The van der Waals surface area contributed by atoms with E-state index < -0.39 is 6.17 Å². The number of rotatable bonds is 2. The third-order valence-electron chi connectivity index (χ3n) is 5.21. The number of anilines is 2. The number of halogens is 2. The molecular formula is C24H16Cl2N2O. The van der Waals surface area contributed by atoms with Crippen molar-refractivity contribution in [2.45, 2.75) is 6.17 Å². The molecule has 142 valence electrons. The summed E-state index contributed by atoms with van der Waals surface area (Å²) < 4.78 is 0. The number of amides is 1. The highest BCUT2D eigenvalue weighted by atomic mass is 35.5. The summed E-state index contributed by atoms with van der Waals surface area (Å²) in [6, 6.07) is 27.0. The third-order valence-corrected chi connectivity index (χ3v) is 5.95. The van der Waals surface area contributed by atoms with Crippen LogP contribution in [0.2, 0.25) is 10.0 Å². The fourth-order valence-corrected chi connectivity index (χ4v) is 4.14. The summed E-state index contributed by atoms with van der Waals surface area (Å²) in [4.78, 5) is 15.4. The van der Waals surface area contributed by atoms with Gasteiger partial charge in [0.1, 0.15) is 6.17 Å². The van der Waals surface area contributed by atoms with Crippen LogP contribution >= 0.6 is 23.2 Å². The summed E-state index contributed by atoms with van der Waals surface area (Å²) in [5.74, 6) is -0.0632. The van der Waals surface area contributed by atoms with Crippen LogP contribution < -0.4 is 10.2 Å². The number of benzene rings is 4. The van der Waals surface area contributed by atoms with Gasteiger partial charge in [-0.2, -0.15) is 0 Å². The first-order valence-electron chi connectivity index (χ1n) is 9.25. The lowest BCUT2D eigenvalue weighted by atomic mass is 10.0. The Morgan fingerprint density at radius 2 is 1.55 bits per heavy atom. The van der Waals surface area contributed by atoms with Crippen LogP contribution in [0.5, 0.6) is 0 Å². The zero-order valence-corrected chi connectivity index (χ0v) is 16.8. The molecule has 5 rings (SSSR count). The Kier molecular flexibility index (Phi) is 4.42. The average molecular weight is 419 g/mol. The quantitative estimate of drug-likeness (QED) is 0.383. The van der Waals surface area contributed by atoms with Crippen molar-refractivity contribution < 1.29 is 4.79 Å². The second-order valence-electron chi connectivity index (χ2n) is 6.94. The third kappa shape index (κ3) is 3.03. The predicted octanol–water partition coefficient (Wildman–Crippen LogP) is 6.92. The molecule has 0 bridgehead atoms. The summed E-state index contributed by atoms with van der Waals surface area (Å²) in [5, 5.41) is 6.52. The van der Waals surface area contributed by atoms with Crippen LogP contribution in [0.1, 0.15) is 22.1 Å². The van der Waals surface area contributed by atoms with Crippen LogP contribution in [0, 0.1) is 0 Å². The van der Waals surface area contributed by atoms with Crippen LogP contribution in [0.15, 0.2) is 84.9 Å². The van der Waals surface area contributed by atoms with E-state index in [9.17, 15) is 4.79 Å². The number of carbonyl (C=O) groups is 1. The Morgan fingerprint density at radius 1 is 0.793 bits per heavy atom. The number of nitrogens with zero attached hydrogens (tertiary/aromatic N) is 1. The normalized spacial score (nSPS) is 15.9. The van der Waals surface area contributed by atoms with Crippen molar-refractivity contribution in [2.24, 2.45) is 0 Å². The highest BCUT2D eigenvalue weighted by Gasteiger charge is 2.34. The fourth-order valence-electron chi connectivity index (χ4n) is 3.84. The van der Waals surface area contributed by atoms with Crippen molar-refractivity contribution in [2.75, 3.05) is 10.2 Å². The Labute approximate surface area is 178 Å². The summed E-state index contributed by atoms with van der Waals surface area (Å²) in [5.41, 5.74) is 3.13. The minimum atomic E-state index is -0.419. The smallest absolute Gasteiger partial charge is 0.262 e. The molecule has 1 N–H and O–H groups in total. The monoisotopic (exact) mass is 418 g/mol. The highest BCUT2D eigenvalue weighted by molar-refractivity contribution is 6.42. The van der Waals surface area contributed by atoms with Crippen LogP contribution in [-0.2, 0) is 0 Å². The van der Waals surface area contributed by atoms with Gasteiger partial charge in [-0.25, -0.2) is 0 Å². The zero-order valence-electron chi connectivity index (χ0n) is 15.3. The van der Waals surface area contributed by atoms with E-state index in [4.69, 9.17) is 23.2 Å². The average Bonchev–Trinajstić information content (AvgIpc) is 2.75. The van der Waals surface area contributed by atoms with E-state index in [0.29, 0.717) is 15.6 Å². The number of fused-ring (bicyclic) bond motifs is 2. The second kappa shape index (κ2) is 7.11. The Bertz CT molecular complexity index is 1250. The molecule has 1 atom stereocenters. The molecule has 0 spiro atoms. The molecule has 0 saturated heterocycles. The zero-order chi connectivity index (χ0) is 20.0. The highest BCUT2D eigenvalue weighted by Crippen LogP contribution is 2.40. The molecule has 1 unspecified atom stereocenters. The van der Waals surface area contributed by atoms with Crippen LogP contribution in [0.4, 0.5) is 11.4 Å². The summed E-state index contributed by atoms with van der Waals surface area (Å²) in [6.45, 7) is 0. The Hall–Kier alpha value is -3.01. The van der Waals surface area contributed by atoms with Gasteiger partial charge >= 0.3 is 0 Å². The van der Waals surface area contributed by atoms with Crippen molar-refractivity contribution in [3.05, 3.63) is 106 Å². The van der Waals surface area contributed by atoms with Crippen molar-refractivity contribution in [3.8, 4) is 0 Å². The van der Waals surface area contributed by atoms with E-state index in [1.54, 1.807) is 17.0 Å². The molecule has 3 nitrogen and oxygen atoms in total. The fraction of sp³-hybridized carbons (Fsp3) is 0.0417. The van der Waals surface area contributed by atoms with Gasteiger partial charge in [-0.1, -0.05) is 77.8 Å². The van der Waals surface area contributed by atoms with E-state index in [2.05, 4.69) is 5.32 Å². The molecule has 1 heterocycles. The number of para-hydroxylation sites is 1. The lowest BCUT2D eigenvalue weighted by Crippen LogP contribution is -2.43. The van der Waals surface area contributed by atoms with E-state index in [1.807, 2.05) is 72.8 Å². The molecule has 4 aromatic carbocycles. The first kappa shape index (κ1) is 18.0. The van der Waals surface area contributed by atoms with Crippen molar-refractivity contribution in [3.63, 3.8) is 0 Å². The van der Waals surface area contributed by atoms with Gasteiger partial charge in [0.15, 0.2) is 0 Å². The molecule has 0 aromatic heterocycles. The largest absolute Gasteiger partial charge is 0.360 e. The van der Waals surface area contributed by atoms with E-state index >= 15 is 0 Å². The van der Waals surface area contributed by atoms with Crippen molar-refractivity contribution in [1.29, 1.82) is 0 Å². The topological polar surface area (TPSA) is 32.3 Å². The summed E-state index contributed by atoms with van der Waals surface area (Å²) in [7, 11) is 0. The van der Waals surface area contributed by atoms with Gasteiger partial charge in [-0.15, -0.1) is 0 Å². The summed E-state index contributed by atoms with van der Waals surface area (Å²) in [6.07, 6.45) is -0.419. The summed E-state index contributed by atoms with van der Waals surface area (Å²) >= 11 is 12.4. The van der Waals surface area contributed by atoms with Gasteiger partial charge in [-0.3, -0.25) is 9.69 Å². The SMILES string of the molecule is O=C1c2ccccc2NC(c2ccc(Cl)c(Cl)c2)N1c1cccc2ccccc12. The molecule has 0 fully saturated rings. The van der Waals surface area contributed by atoms with Crippen LogP contribution in [0.25, 0.3) is 10.8 Å². The maximum atomic E-state index is 13.6. The van der Waals surface area contributed by atoms with Gasteiger partial charge in [0.05, 0.1) is 21.3 Å². The van der Waals surface area contributed by atoms with E-state index in [1.165, 1.54) is 0 Å². The Morgan fingerprint density at radius 3 is 2.41 bits per heavy atom. The van der Waals surface area contributed by atoms with Gasteiger partial charge in [0, 0.05) is 11.1 Å². The molecule has 0 radical (unpaired) electrons. The van der Waals surface area contributed by atoms with Crippen molar-refractivity contribution in [1.82, 2.24) is 0 Å². The molecule has 1 aliphatic heterocycles. The van der Waals surface area contributed by atoms with Gasteiger partial charge < -0.3 is 5.32 Å². The molecule has 1 amide bonds. The molecule has 0 saturated carbocycles. The van der Waals surface area contributed by atoms with Crippen LogP contribution in [0.3, 0.4) is 0 Å². The minimum Gasteiger partial charge on any atom is -0.360 e. The molecule has 0 aliphatic carbocycles. The first-order valence-corrected chi connectivity index (χ1v) is 10.0. The number of nitrogens with one attached hydrogen (secondary N) is 1. The molecular weight excluding hydrogens is 403 g/mol. The first-order chi connectivity index (χ1) is 14.1. The van der Waals surface area contributed by atoms with Gasteiger partial charge in [0.2, 0.25) is 0 Å². The second-order valence-corrected chi connectivity index (χ2v) is 7.75. The van der Waals surface area contributed by atoms with E-state index in [-0.39, 0.29) is 5.91 Å². The number of carbonyl (C=O) groups excluding carboxylic acids is 1. The standard InChI is InChI=1S/C24H16Cl2N2O/c25-19-13-12-16(14-20(19)26)23-27-21-10-4-3-9-18(21)24(29)28(23)22-11-5-7-15-6-1-2-8-17(15)22/h1-14,23,27H. The van der Waals surface area contributed by atoms with Gasteiger partial charge in [0.25, 0.3) is 5.91 Å².